The number of hydrogen-bond acceptors (Lipinski definition) is 3. The van der Waals surface area contributed by atoms with Crippen LogP contribution >= 0.6 is 0 Å². The molecular formula is C12H31N3. The molecule has 1 aliphatic rings. The van der Waals surface area contributed by atoms with Gasteiger partial charge in [0.1, 0.15) is 0 Å². The van der Waals surface area contributed by atoms with Crippen molar-refractivity contribution >= 4 is 0 Å². The lowest BCUT2D eigenvalue weighted by Crippen LogP contribution is -2.48. The quantitative estimate of drug-likeness (QED) is 0.773. The van der Waals surface area contributed by atoms with E-state index in [-0.39, 0.29) is 1.43 Å². The molecule has 15 heavy (non-hydrogen) atoms. The van der Waals surface area contributed by atoms with Crippen LogP contribution in [0.15, 0.2) is 0 Å². The lowest BCUT2D eigenvalue weighted by Gasteiger charge is -2.27. The molecule has 0 unspecified atom stereocenters. The van der Waals surface area contributed by atoms with Crippen molar-refractivity contribution in [2.45, 2.75) is 45.8 Å². The number of nitrogens with zero attached hydrogens (tertiary/aromatic N) is 2. The molecule has 0 aliphatic carbocycles. The van der Waals surface area contributed by atoms with Gasteiger partial charge >= 0.3 is 0 Å². The summed E-state index contributed by atoms with van der Waals surface area (Å²) >= 11 is 0. The second-order valence-electron chi connectivity index (χ2n) is 4.68. The molecule has 0 aromatic heterocycles. The third kappa shape index (κ3) is 4.96. The van der Waals surface area contributed by atoms with Gasteiger partial charge in [0.25, 0.3) is 0 Å². The van der Waals surface area contributed by atoms with Crippen molar-refractivity contribution in [1.82, 2.24) is 15.1 Å². The summed E-state index contributed by atoms with van der Waals surface area (Å²) in [5.41, 5.74) is 0. The fraction of sp³-hybridized carbons (Fsp3) is 1.00. The van der Waals surface area contributed by atoms with Crippen LogP contribution in [0.3, 0.4) is 0 Å². The fourth-order valence-corrected chi connectivity index (χ4v) is 2.09. The number of hydrogen-bond donors (Lipinski definition) is 1. The largest absolute Gasteiger partial charge is 0.309 e. The Hall–Kier alpha value is -0.120. The van der Waals surface area contributed by atoms with Crippen molar-refractivity contribution in [3.8, 4) is 0 Å². The van der Waals surface area contributed by atoms with E-state index in [2.05, 4.69) is 50.1 Å². The predicted octanol–water partition coefficient (Wildman–Crippen LogP) is 1.50. The Morgan fingerprint density at radius 1 is 1.27 bits per heavy atom. The summed E-state index contributed by atoms with van der Waals surface area (Å²) in [6.07, 6.45) is 0. The number of rotatable bonds is 3. The van der Waals surface area contributed by atoms with Crippen LogP contribution in [0, 0.1) is 0 Å². The van der Waals surface area contributed by atoms with Crippen LogP contribution in [0.5, 0.6) is 0 Å². The van der Waals surface area contributed by atoms with Gasteiger partial charge in [-0.1, -0.05) is 27.7 Å². The average molecular weight is 217 g/mol. The second-order valence-corrected chi connectivity index (χ2v) is 4.68. The van der Waals surface area contributed by atoms with Gasteiger partial charge in [-0.3, -0.25) is 0 Å². The van der Waals surface area contributed by atoms with Crippen molar-refractivity contribution in [3.05, 3.63) is 0 Å². The summed E-state index contributed by atoms with van der Waals surface area (Å²) in [6.45, 7) is 10.8. The van der Waals surface area contributed by atoms with Crippen LogP contribution in [0.4, 0.5) is 0 Å². The van der Waals surface area contributed by atoms with Gasteiger partial charge in [-0.15, -0.1) is 0 Å². The maximum absolute atomic E-state index is 3.62. The molecule has 0 spiro atoms. The van der Waals surface area contributed by atoms with E-state index in [9.17, 15) is 0 Å². The molecule has 0 aromatic carbocycles. The Labute approximate surface area is 97.3 Å². The van der Waals surface area contributed by atoms with E-state index < -0.39 is 0 Å². The Balaban J connectivity index is 0. The van der Waals surface area contributed by atoms with Gasteiger partial charge in [-0.2, -0.15) is 0 Å². The van der Waals surface area contributed by atoms with Crippen LogP contribution in [0.2, 0.25) is 0 Å². The van der Waals surface area contributed by atoms with E-state index in [0.717, 1.165) is 0 Å². The van der Waals surface area contributed by atoms with E-state index in [1.807, 2.05) is 13.8 Å². The molecule has 94 valence electrons. The molecule has 0 aromatic rings. The Bertz CT molecular complexity index is 162. The predicted molar refractivity (Wildman–Crippen MR) is 70.5 cm³/mol. The average Bonchev–Trinajstić information content (AvgIpc) is 2.49. The molecule has 0 saturated carbocycles. The number of likely N-dealkylation sites (N-methyl/N-ethyl adjacent to an activating group) is 2. The molecule has 1 fully saturated rings. The van der Waals surface area contributed by atoms with E-state index >= 15 is 0 Å². The molecule has 3 nitrogen and oxygen atoms in total. The number of likely N-dealkylation sites (tertiary alicyclic amines) is 1. The van der Waals surface area contributed by atoms with E-state index in [1.165, 1.54) is 13.1 Å². The van der Waals surface area contributed by atoms with Crippen LogP contribution < -0.4 is 5.32 Å². The van der Waals surface area contributed by atoms with Gasteiger partial charge in [-0.25, -0.2) is 0 Å². The molecular weight excluding hydrogens is 186 g/mol. The highest BCUT2D eigenvalue weighted by Gasteiger charge is 2.32. The third-order valence-electron chi connectivity index (χ3n) is 2.68. The van der Waals surface area contributed by atoms with Gasteiger partial charge in [0.05, 0.1) is 0 Å². The summed E-state index contributed by atoms with van der Waals surface area (Å²) in [6, 6.07) is 1.87. The SMILES string of the molecule is CC.CC(C)N[C@@H]1CN(C)C[C@H]1N(C)C.[HH]. The first-order valence-corrected chi connectivity index (χ1v) is 6.11. The van der Waals surface area contributed by atoms with Crippen LogP contribution in [-0.4, -0.2) is 62.2 Å². The standard InChI is InChI=1S/C10H23N3.C2H6.H2/c1-8(2)11-9-6-13(5)7-10(9)12(3)4;1-2;/h8-11H,6-7H2,1-5H3;1-2H3;1H/t9-,10-;;/m1../s1. The third-order valence-corrected chi connectivity index (χ3v) is 2.68. The maximum Gasteiger partial charge on any atom is 0.0382 e. The Morgan fingerprint density at radius 3 is 2.20 bits per heavy atom. The van der Waals surface area contributed by atoms with Crippen molar-refractivity contribution in [1.29, 1.82) is 0 Å². The Morgan fingerprint density at radius 2 is 1.80 bits per heavy atom. The molecule has 1 saturated heterocycles. The normalized spacial score (nSPS) is 27.0. The smallest absolute Gasteiger partial charge is 0.0382 e. The second kappa shape index (κ2) is 7.20. The van der Waals surface area contributed by atoms with E-state index in [0.29, 0.717) is 18.1 Å². The van der Waals surface area contributed by atoms with Crippen LogP contribution in [0.25, 0.3) is 0 Å². The van der Waals surface area contributed by atoms with Crippen LogP contribution in [0.1, 0.15) is 29.1 Å². The first kappa shape index (κ1) is 14.9. The molecule has 0 radical (unpaired) electrons. The molecule has 0 bridgehead atoms. The highest BCUT2D eigenvalue weighted by Crippen LogP contribution is 2.12. The van der Waals surface area contributed by atoms with Gasteiger partial charge < -0.3 is 15.1 Å². The minimum absolute atomic E-state index is 0. The van der Waals surface area contributed by atoms with Gasteiger partial charge in [0, 0.05) is 32.6 Å². The minimum Gasteiger partial charge on any atom is -0.309 e. The molecule has 0 amide bonds. The molecule has 1 N–H and O–H groups in total. The van der Waals surface area contributed by atoms with Gasteiger partial charge in [0.2, 0.25) is 0 Å². The maximum atomic E-state index is 3.62. The lowest BCUT2D eigenvalue weighted by molar-refractivity contribution is 0.255. The van der Waals surface area contributed by atoms with E-state index in [4.69, 9.17) is 0 Å². The summed E-state index contributed by atoms with van der Waals surface area (Å²) in [5.74, 6) is 0. The number of nitrogens with one attached hydrogen (secondary N) is 1. The molecule has 1 heterocycles. The summed E-state index contributed by atoms with van der Waals surface area (Å²) < 4.78 is 0. The van der Waals surface area contributed by atoms with Gasteiger partial charge in [-0.05, 0) is 21.1 Å². The Kier molecular flexibility index (Phi) is 7.14. The molecule has 1 aliphatic heterocycles. The highest BCUT2D eigenvalue weighted by atomic mass is 15.3. The zero-order chi connectivity index (χ0) is 12.0. The van der Waals surface area contributed by atoms with Gasteiger partial charge in [0.15, 0.2) is 0 Å². The first-order chi connectivity index (χ1) is 7.00. The first-order valence-electron chi connectivity index (χ1n) is 6.11. The minimum atomic E-state index is 0. The fourth-order valence-electron chi connectivity index (χ4n) is 2.09. The zero-order valence-corrected chi connectivity index (χ0v) is 11.5. The topological polar surface area (TPSA) is 18.5 Å². The zero-order valence-electron chi connectivity index (χ0n) is 11.5. The molecule has 1 rings (SSSR count). The molecule has 2 atom stereocenters. The van der Waals surface area contributed by atoms with E-state index in [1.54, 1.807) is 0 Å². The molecule has 3 heteroatoms. The summed E-state index contributed by atoms with van der Waals surface area (Å²) in [5, 5.41) is 3.62. The lowest BCUT2D eigenvalue weighted by atomic mass is 10.1. The van der Waals surface area contributed by atoms with Crippen molar-refractivity contribution in [2.24, 2.45) is 0 Å². The summed E-state index contributed by atoms with van der Waals surface area (Å²) in [4.78, 5) is 4.72. The van der Waals surface area contributed by atoms with Crippen molar-refractivity contribution in [3.63, 3.8) is 0 Å². The summed E-state index contributed by atoms with van der Waals surface area (Å²) in [7, 11) is 6.52. The highest BCUT2D eigenvalue weighted by molar-refractivity contribution is 4.93. The van der Waals surface area contributed by atoms with Crippen molar-refractivity contribution in [2.75, 3.05) is 34.2 Å². The van der Waals surface area contributed by atoms with Crippen molar-refractivity contribution < 1.29 is 1.43 Å². The monoisotopic (exact) mass is 217 g/mol. The van der Waals surface area contributed by atoms with Crippen LogP contribution in [-0.2, 0) is 0 Å².